The summed E-state index contributed by atoms with van der Waals surface area (Å²) < 4.78 is 0. The number of rotatable bonds is 6. The molecule has 0 aliphatic heterocycles. The van der Waals surface area contributed by atoms with Crippen molar-refractivity contribution in [3.63, 3.8) is 0 Å². The summed E-state index contributed by atoms with van der Waals surface area (Å²) in [6, 6.07) is 8.60. The third-order valence-electron chi connectivity index (χ3n) is 2.26. The van der Waals surface area contributed by atoms with Gasteiger partial charge in [-0.3, -0.25) is 0 Å². The summed E-state index contributed by atoms with van der Waals surface area (Å²) in [6.45, 7) is 3.00. The van der Waals surface area contributed by atoms with E-state index < -0.39 is 0 Å². The summed E-state index contributed by atoms with van der Waals surface area (Å²) >= 11 is 2.00. The van der Waals surface area contributed by atoms with Gasteiger partial charge in [-0.2, -0.15) is 11.8 Å². The minimum absolute atomic E-state index is 0.824. The Morgan fingerprint density at radius 3 is 2.71 bits per heavy atom. The van der Waals surface area contributed by atoms with Gasteiger partial charge in [0.2, 0.25) is 0 Å². The summed E-state index contributed by atoms with van der Waals surface area (Å²) in [4.78, 5) is 0. The molecule has 0 amide bonds. The van der Waals surface area contributed by atoms with E-state index in [9.17, 15) is 0 Å². The van der Waals surface area contributed by atoms with Crippen molar-refractivity contribution in [2.24, 2.45) is 5.73 Å². The van der Waals surface area contributed by atoms with E-state index in [1.54, 1.807) is 0 Å². The molecule has 0 aromatic heterocycles. The Morgan fingerprint density at radius 1 is 1.21 bits per heavy atom. The molecule has 0 aliphatic carbocycles. The molecule has 1 aromatic carbocycles. The van der Waals surface area contributed by atoms with Crippen molar-refractivity contribution >= 4 is 11.8 Å². The van der Waals surface area contributed by atoms with E-state index in [0.29, 0.717) is 0 Å². The highest BCUT2D eigenvalue weighted by molar-refractivity contribution is 7.98. The topological polar surface area (TPSA) is 26.0 Å². The van der Waals surface area contributed by atoms with Crippen molar-refractivity contribution in [3.8, 4) is 0 Å². The molecule has 14 heavy (non-hydrogen) atoms. The van der Waals surface area contributed by atoms with Crippen LogP contribution < -0.4 is 5.73 Å². The van der Waals surface area contributed by atoms with Crippen LogP contribution in [0.5, 0.6) is 0 Å². The van der Waals surface area contributed by atoms with Crippen LogP contribution in [0.1, 0.15) is 24.0 Å². The van der Waals surface area contributed by atoms with Crippen LogP contribution in [0.3, 0.4) is 0 Å². The lowest BCUT2D eigenvalue weighted by atomic mass is 10.1. The summed E-state index contributed by atoms with van der Waals surface area (Å²) in [5.74, 6) is 2.36. The Morgan fingerprint density at radius 2 is 2.00 bits per heavy atom. The van der Waals surface area contributed by atoms with Gasteiger partial charge in [-0.15, -0.1) is 0 Å². The Bertz CT molecular complexity index is 260. The lowest BCUT2D eigenvalue weighted by Crippen LogP contribution is -1.98. The standard InChI is InChI=1S/C12H19NS/c1-11-6-2-3-7-12(11)10-14-9-5-4-8-13/h2-3,6-7H,4-5,8-10,13H2,1H3. The van der Waals surface area contributed by atoms with Crippen LogP contribution in [0, 0.1) is 6.92 Å². The predicted molar refractivity (Wildman–Crippen MR) is 65.6 cm³/mol. The van der Waals surface area contributed by atoms with E-state index in [-0.39, 0.29) is 0 Å². The van der Waals surface area contributed by atoms with Crippen molar-refractivity contribution in [2.45, 2.75) is 25.5 Å². The van der Waals surface area contributed by atoms with Crippen LogP contribution in [-0.4, -0.2) is 12.3 Å². The molecule has 0 saturated heterocycles. The number of hydrogen-bond acceptors (Lipinski definition) is 2. The second-order valence-electron chi connectivity index (χ2n) is 3.47. The summed E-state index contributed by atoms with van der Waals surface area (Å²) in [7, 11) is 0. The highest BCUT2D eigenvalue weighted by Gasteiger charge is 1.96. The molecule has 2 heteroatoms. The smallest absolute Gasteiger partial charge is 0.0187 e. The lowest BCUT2D eigenvalue weighted by molar-refractivity contribution is 0.814. The molecular formula is C12H19NS. The van der Waals surface area contributed by atoms with Crippen molar-refractivity contribution < 1.29 is 0 Å². The van der Waals surface area contributed by atoms with E-state index in [0.717, 1.165) is 18.7 Å². The first-order chi connectivity index (χ1) is 6.84. The number of aryl methyl sites for hydroxylation is 1. The number of unbranched alkanes of at least 4 members (excludes halogenated alkanes) is 1. The number of hydrogen-bond donors (Lipinski definition) is 1. The van der Waals surface area contributed by atoms with E-state index >= 15 is 0 Å². The number of nitrogens with two attached hydrogens (primary N) is 1. The van der Waals surface area contributed by atoms with Crippen LogP contribution >= 0.6 is 11.8 Å². The van der Waals surface area contributed by atoms with Gasteiger partial charge in [-0.05, 0) is 43.2 Å². The highest BCUT2D eigenvalue weighted by atomic mass is 32.2. The molecule has 78 valence electrons. The fraction of sp³-hybridized carbons (Fsp3) is 0.500. The lowest BCUT2D eigenvalue weighted by Gasteiger charge is -2.04. The van der Waals surface area contributed by atoms with Gasteiger partial charge >= 0.3 is 0 Å². The third kappa shape index (κ3) is 4.16. The molecule has 2 N–H and O–H groups in total. The van der Waals surface area contributed by atoms with Gasteiger partial charge in [0, 0.05) is 5.75 Å². The maximum Gasteiger partial charge on any atom is 0.0187 e. The Balaban J connectivity index is 2.21. The molecule has 0 aliphatic rings. The average molecular weight is 209 g/mol. The molecule has 0 heterocycles. The van der Waals surface area contributed by atoms with Crippen molar-refractivity contribution in [2.75, 3.05) is 12.3 Å². The first-order valence-corrected chi connectivity index (χ1v) is 6.32. The average Bonchev–Trinajstić information content (AvgIpc) is 2.20. The van der Waals surface area contributed by atoms with Crippen molar-refractivity contribution in [1.29, 1.82) is 0 Å². The molecule has 0 unspecified atom stereocenters. The molecule has 1 aromatic rings. The van der Waals surface area contributed by atoms with E-state index in [2.05, 4.69) is 31.2 Å². The quantitative estimate of drug-likeness (QED) is 0.729. The van der Waals surface area contributed by atoms with Gasteiger partial charge in [-0.1, -0.05) is 24.3 Å². The van der Waals surface area contributed by atoms with Gasteiger partial charge in [0.25, 0.3) is 0 Å². The monoisotopic (exact) mass is 209 g/mol. The van der Waals surface area contributed by atoms with Gasteiger partial charge in [0.05, 0.1) is 0 Å². The summed E-state index contributed by atoms with van der Waals surface area (Å²) in [5.41, 5.74) is 8.30. The fourth-order valence-electron chi connectivity index (χ4n) is 1.30. The zero-order chi connectivity index (χ0) is 10.2. The van der Waals surface area contributed by atoms with E-state index in [1.165, 1.54) is 23.3 Å². The summed E-state index contributed by atoms with van der Waals surface area (Å²) in [6.07, 6.45) is 2.40. The largest absolute Gasteiger partial charge is 0.330 e. The van der Waals surface area contributed by atoms with Crippen LogP contribution in [0.4, 0.5) is 0 Å². The summed E-state index contributed by atoms with van der Waals surface area (Å²) in [5, 5.41) is 0. The third-order valence-corrected chi connectivity index (χ3v) is 3.35. The Labute approximate surface area is 91.1 Å². The van der Waals surface area contributed by atoms with Gasteiger partial charge in [0.15, 0.2) is 0 Å². The molecule has 0 fully saturated rings. The second-order valence-corrected chi connectivity index (χ2v) is 4.58. The maximum atomic E-state index is 5.44. The highest BCUT2D eigenvalue weighted by Crippen LogP contribution is 2.16. The maximum absolute atomic E-state index is 5.44. The minimum atomic E-state index is 0.824. The normalized spacial score (nSPS) is 10.4. The molecule has 0 spiro atoms. The van der Waals surface area contributed by atoms with Gasteiger partial charge < -0.3 is 5.73 Å². The molecular weight excluding hydrogens is 190 g/mol. The number of thioether (sulfide) groups is 1. The van der Waals surface area contributed by atoms with Gasteiger partial charge in [-0.25, -0.2) is 0 Å². The molecule has 0 bridgehead atoms. The van der Waals surface area contributed by atoms with Crippen LogP contribution in [0.2, 0.25) is 0 Å². The first kappa shape index (κ1) is 11.6. The van der Waals surface area contributed by atoms with Crippen LogP contribution in [0.25, 0.3) is 0 Å². The molecule has 1 nitrogen and oxygen atoms in total. The minimum Gasteiger partial charge on any atom is -0.330 e. The van der Waals surface area contributed by atoms with E-state index in [4.69, 9.17) is 5.73 Å². The van der Waals surface area contributed by atoms with Gasteiger partial charge in [0.1, 0.15) is 0 Å². The predicted octanol–water partition coefficient (Wildman–Crippen LogP) is 2.97. The molecule has 1 rings (SSSR count). The number of benzene rings is 1. The van der Waals surface area contributed by atoms with Crippen LogP contribution in [-0.2, 0) is 5.75 Å². The van der Waals surface area contributed by atoms with Crippen molar-refractivity contribution in [1.82, 2.24) is 0 Å². The zero-order valence-electron chi connectivity index (χ0n) is 8.83. The van der Waals surface area contributed by atoms with E-state index in [1.807, 2.05) is 11.8 Å². The van der Waals surface area contributed by atoms with Crippen molar-refractivity contribution in [3.05, 3.63) is 35.4 Å². The molecule has 0 radical (unpaired) electrons. The second kappa shape index (κ2) is 6.91. The van der Waals surface area contributed by atoms with Crippen LogP contribution in [0.15, 0.2) is 24.3 Å². The molecule has 0 saturated carbocycles. The Kier molecular flexibility index (Phi) is 5.72. The SMILES string of the molecule is Cc1ccccc1CSCCCCN. The Hall–Kier alpha value is -0.470. The zero-order valence-corrected chi connectivity index (χ0v) is 9.65. The first-order valence-electron chi connectivity index (χ1n) is 5.17. The molecule has 0 atom stereocenters. The fourth-order valence-corrected chi connectivity index (χ4v) is 2.40.